The van der Waals surface area contributed by atoms with Crippen LogP contribution in [0.2, 0.25) is 5.02 Å². The molecule has 2 aromatic carbocycles. The largest absolute Gasteiger partial charge is 0.233 e. The number of hydrogen-bond donors (Lipinski definition) is 0. The highest BCUT2D eigenvalue weighted by molar-refractivity contribution is 7.20. The zero-order valence-corrected chi connectivity index (χ0v) is 16.0. The van der Waals surface area contributed by atoms with Crippen molar-refractivity contribution in [2.75, 3.05) is 0 Å². The lowest BCUT2D eigenvalue weighted by atomic mass is 10.1. The molecule has 0 aliphatic heterocycles. The Morgan fingerprint density at radius 2 is 1.24 bits per heavy atom. The quantitative estimate of drug-likeness (QED) is 0.387. The second kappa shape index (κ2) is 7.08. The highest BCUT2D eigenvalue weighted by atomic mass is 35.5. The van der Waals surface area contributed by atoms with Gasteiger partial charge in [-0.1, -0.05) is 54.9 Å². The topological polar surface area (TPSA) is 25.8 Å². The Kier molecular flexibility index (Phi) is 4.66. The molecule has 0 saturated carbocycles. The smallest absolute Gasteiger partial charge is 0.152 e. The number of aryl methyl sites for hydroxylation is 1. The first-order valence-electron chi connectivity index (χ1n) is 7.99. The summed E-state index contributed by atoms with van der Waals surface area (Å²) in [6.07, 6.45) is 1.05. The van der Waals surface area contributed by atoms with Gasteiger partial charge in [-0.05, 0) is 24.1 Å². The zero-order chi connectivity index (χ0) is 17.2. The van der Waals surface area contributed by atoms with Crippen LogP contribution in [0.15, 0.2) is 59.3 Å². The summed E-state index contributed by atoms with van der Waals surface area (Å²) in [4.78, 5) is 9.51. The molecule has 4 aromatic rings. The van der Waals surface area contributed by atoms with E-state index in [0.717, 1.165) is 44.0 Å². The van der Waals surface area contributed by atoms with Crippen molar-refractivity contribution < 1.29 is 0 Å². The summed E-state index contributed by atoms with van der Waals surface area (Å²) in [5, 5.41) is 6.80. The van der Waals surface area contributed by atoms with E-state index in [0.29, 0.717) is 0 Å². The lowest BCUT2D eigenvalue weighted by Gasteiger charge is -1.99. The molecule has 2 heterocycles. The minimum absolute atomic E-state index is 0.734. The summed E-state index contributed by atoms with van der Waals surface area (Å²) in [6.45, 7) is 2.16. The third-order valence-corrected chi connectivity index (χ3v) is 6.07. The van der Waals surface area contributed by atoms with E-state index in [1.54, 1.807) is 22.7 Å². The zero-order valence-electron chi connectivity index (χ0n) is 13.6. The van der Waals surface area contributed by atoms with Crippen molar-refractivity contribution in [3.05, 3.63) is 69.9 Å². The number of benzene rings is 2. The summed E-state index contributed by atoms with van der Waals surface area (Å²) in [5.41, 5.74) is 5.52. The van der Waals surface area contributed by atoms with Gasteiger partial charge in [-0.3, -0.25) is 0 Å². The molecule has 0 atom stereocenters. The lowest BCUT2D eigenvalue weighted by molar-refractivity contribution is 1.14. The van der Waals surface area contributed by atoms with E-state index >= 15 is 0 Å². The van der Waals surface area contributed by atoms with Crippen molar-refractivity contribution in [1.29, 1.82) is 0 Å². The maximum absolute atomic E-state index is 5.95. The monoisotopic (exact) mass is 382 g/mol. The van der Waals surface area contributed by atoms with Crippen molar-refractivity contribution in [3.8, 4) is 32.5 Å². The predicted octanol–water partition coefficient (Wildman–Crippen LogP) is 6.82. The molecule has 0 radical (unpaired) electrons. The molecule has 0 unspecified atom stereocenters. The van der Waals surface area contributed by atoms with Crippen LogP contribution in [0.1, 0.15) is 12.5 Å². The van der Waals surface area contributed by atoms with E-state index in [4.69, 9.17) is 21.6 Å². The number of thiazole rings is 2. The summed E-state index contributed by atoms with van der Waals surface area (Å²) in [6, 6.07) is 16.4. The Morgan fingerprint density at radius 3 is 1.72 bits per heavy atom. The summed E-state index contributed by atoms with van der Waals surface area (Å²) < 4.78 is 0. The fraction of sp³-hybridized carbons (Fsp3) is 0.100. The Labute approximate surface area is 159 Å². The second-order valence-corrected chi connectivity index (χ2v) is 7.79. The van der Waals surface area contributed by atoms with E-state index in [1.165, 1.54) is 5.56 Å². The minimum Gasteiger partial charge on any atom is -0.233 e. The van der Waals surface area contributed by atoms with Crippen molar-refractivity contribution in [3.63, 3.8) is 0 Å². The molecular weight excluding hydrogens is 368 g/mol. The first kappa shape index (κ1) is 16.5. The maximum Gasteiger partial charge on any atom is 0.152 e. The molecule has 2 aromatic heterocycles. The van der Waals surface area contributed by atoms with Crippen molar-refractivity contribution in [2.24, 2.45) is 0 Å². The normalized spacial score (nSPS) is 11.0. The van der Waals surface area contributed by atoms with Gasteiger partial charge < -0.3 is 0 Å². The third-order valence-electron chi connectivity index (χ3n) is 3.99. The molecule has 124 valence electrons. The van der Waals surface area contributed by atoms with Gasteiger partial charge >= 0.3 is 0 Å². The van der Waals surface area contributed by atoms with E-state index in [1.807, 2.05) is 24.3 Å². The van der Waals surface area contributed by atoms with Gasteiger partial charge in [-0.25, -0.2) is 9.97 Å². The van der Waals surface area contributed by atoms with Gasteiger partial charge in [0.05, 0.1) is 11.4 Å². The summed E-state index contributed by atoms with van der Waals surface area (Å²) >= 11 is 9.21. The van der Waals surface area contributed by atoms with Gasteiger partial charge in [-0.15, -0.1) is 22.7 Å². The number of rotatable bonds is 4. The maximum atomic E-state index is 5.95. The van der Waals surface area contributed by atoms with Crippen LogP contribution in [-0.2, 0) is 6.42 Å². The minimum atomic E-state index is 0.734. The number of nitrogens with zero attached hydrogens (tertiary/aromatic N) is 2. The van der Waals surface area contributed by atoms with Crippen LogP contribution in [-0.4, -0.2) is 9.97 Å². The van der Waals surface area contributed by atoms with Gasteiger partial charge in [0.1, 0.15) is 0 Å². The molecule has 0 amide bonds. The van der Waals surface area contributed by atoms with Crippen LogP contribution in [0.3, 0.4) is 0 Å². The van der Waals surface area contributed by atoms with E-state index < -0.39 is 0 Å². The molecule has 0 bridgehead atoms. The van der Waals surface area contributed by atoms with E-state index in [9.17, 15) is 0 Å². The van der Waals surface area contributed by atoms with Crippen LogP contribution in [0, 0.1) is 0 Å². The molecule has 0 N–H and O–H groups in total. The molecular formula is C20H15ClN2S2. The predicted molar refractivity (Wildman–Crippen MR) is 108 cm³/mol. The SMILES string of the molecule is CCc1ccc(-c2csc(-c3nc(-c4ccc(Cl)cc4)cs3)n2)cc1. The van der Waals surface area contributed by atoms with Gasteiger partial charge in [0.15, 0.2) is 10.0 Å². The number of halogens is 1. The Morgan fingerprint density at radius 1 is 0.760 bits per heavy atom. The molecule has 0 saturated heterocycles. The molecule has 5 heteroatoms. The highest BCUT2D eigenvalue weighted by Crippen LogP contribution is 2.33. The van der Waals surface area contributed by atoms with Crippen LogP contribution < -0.4 is 0 Å². The third kappa shape index (κ3) is 3.52. The molecule has 0 aliphatic rings. The van der Waals surface area contributed by atoms with Crippen LogP contribution in [0.25, 0.3) is 32.5 Å². The second-order valence-electron chi connectivity index (χ2n) is 5.63. The fourth-order valence-corrected chi connectivity index (χ4v) is 4.37. The van der Waals surface area contributed by atoms with Gasteiger partial charge in [0, 0.05) is 26.9 Å². The van der Waals surface area contributed by atoms with Crippen molar-refractivity contribution in [1.82, 2.24) is 9.97 Å². The molecule has 25 heavy (non-hydrogen) atoms. The van der Waals surface area contributed by atoms with Crippen molar-refractivity contribution in [2.45, 2.75) is 13.3 Å². The molecule has 4 rings (SSSR count). The average Bonchev–Trinajstić information content (AvgIpc) is 3.32. The standard InChI is InChI=1S/C20H15ClN2S2/c1-2-13-3-5-14(6-4-13)17-11-24-19(22-17)20-23-18(12-25-20)15-7-9-16(21)10-8-15/h3-12H,2H2,1H3. The molecule has 2 nitrogen and oxygen atoms in total. The molecule has 0 aliphatic carbocycles. The van der Waals surface area contributed by atoms with Crippen LogP contribution in [0.5, 0.6) is 0 Å². The van der Waals surface area contributed by atoms with Crippen LogP contribution in [0.4, 0.5) is 0 Å². The van der Waals surface area contributed by atoms with Crippen molar-refractivity contribution >= 4 is 34.3 Å². The van der Waals surface area contributed by atoms with Gasteiger partial charge in [0.2, 0.25) is 0 Å². The Hall–Kier alpha value is -2.01. The molecule has 0 fully saturated rings. The average molecular weight is 383 g/mol. The summed E-state index contributed by atoms with van der Waals surface area (Å²) in [5.74, 6) is 0. The summed E-state index contributed by atoms with van der Waals surface area (Å²) in [7, 11) is 0. The highest BCUT2D eigenvalue weighted by Gasteiger charge is 2.11. The first-order chi connectivity index (χ1) is 12.2. The Bertz CT molecular complexity index is 985. The van der Waals surface area contributed by atoms with Crippen LogP contribution >= 0.6 is 34.3 Å². The Balaban J connectivity index is 1.60. The lowest BCUT2D eigenvalue weighted by Crippen LogP contribution is -1.82. The number of aromatic nitrogens is 2. The number of hydrogen-bond acceptors (Lipinski definition) is 4. The van der Waals surface area contributed by atoms with E-state index in [2.05, 4.69) is 41.9 Å². The van der Waals surface area contributed by atoms with Gasteiger partial charge in [-0.2, -0.15) is 0 Å². The first-order valence-corrected chi connectivity index (χ1v) is 10.1. The van der Waals surface area contributed by atoms with Gasteiger partial charge in [0.25, 0.3) is 0 Å². The molecule has 0 spiro atoms. The fourth-order valence-electron chi connectivity index (χ4n) is 2.54. The van der Waals surface area contributed by atoms with E-state index in [-0.39, 0.29) is 0 Å².